The van der Waals surface area contributed by atoms with E-state index in [9.17, 15) is 13.5 Å². The molecule has 5 heteroatoms. The Bertz CT molecular complexity index is 785. The lowest BCUT2D eigenvalue weighted by Crippen LogP contribution is -2.31. The van der Waals surface area contributed by atoms with E-state index < -0.39 is 16.1 Å². The first kappa shape index (κ1) is 17.1. The fraction of sp³-hybridized carbons (Fsp3) is 0.368. The zero-order valence-electron chi connectivity index (χ0n) is 14.0. The molecule has 2 unspecified atom stereocenters. The van der Waals surface area contributed by atoms with Gasteiger partial charge in [0.05, 0.1) is 17.0 Å². The zero-order chi connectivity index (χ0) is 17.3. The van der Waals surface area contributed by atoms with Crippen molar-refractivity contribution in [3.8, 4) is 0 Å². The second-order valence-corrected chi connectivity index (χ2v) is 8.51. The van der Waals surface area contributed by atoms with Crippen LogP contribution in [0.3, 0.4) is 0 Å². The molecule has 4 nitrogen and oxygen atoms in total. The highest BCUT2D eigenvalue weighted by molar-refractivity contribution is 7.89. The topological polar surface area (TPSA) is 57.6 Å². The molecule has 2 aromatic carbocycles. The lowest BCUT2D eigenvalue weighted by Gasteiger charge is -2.24. The number of hydrogen-bond acceptors (Lipinski definition) is 3. The van der Waals surface area contributed by atoms with Crippen molar-refractivity contribution in [2.45, 2.75) is 43.2 Å². The van der Waals surface area contributed by atoms with Gasteiger partial charge in [-0.1, -0.05) is 56.3 Å². The fourth-order valence-corrected chi connectivity index (χ4v) is 4.85. The number of β-amino-alcohol motifs (C(OH)–C–C–N with tert-alkyl or cyclic N) is 1. The molecule has 1 aliphatic rings. The summed E-state index contributed by atoms with van der Waals surface area (Å²) in [5, 5.41) is 10.1. The molecule has 0 aliphatic carbocycles. The maximum absolute atomic E-state index is 13.1. The monoisotopic (exact) mass is 345 g/mol. The van der Waals surface area contributed by atoms with Gasteiger partial charge in [-0.05, 0) is 35.6 Å². The average Bonchev–Trinajstić information content (AvgIpc) is 2.98. The molecule has 128 valence electrons. The minimum atomic E-state index is -3.64. The number of aliphatic hydroxyl groups excluding tert-OH is 1. The summed E-state index contributed by atoms with van der Waals surface area (Å²) in [5.41, 5.74) is 2.02. The van der Waals surface area contributed by atoms with Gasteiger partial charge in [-0.2, -0.15) is 4.31 Å². The summed E-state index contributed by atoms with van der Waals surface area (Å²) in [6.45, 7) is 4.28. The third kappa shape index (κ3) is 3.24. The summed E-state index contributed by atoms with van der Waals surface area (Å²) in [7, 11) is -3.64. The molecule has 1 aliphatic heterocycles. The van der Waals surface area contributed by atoms with Crippen molar-refractivity contribution in [1.82, 2.24) is 4.31 Å². The van der Waals surface area contributed by atoms with Crippen molar-refractivity contribution >= 4 is 10.0 Å². The molecule has 0 saturated carbocycles. The van der Waals surface area contributed by atoms with Crippen molar-refractivity contribution in [1.29, 1.82) is 0 Å². The van der Waals surface area contributed by atoms with Gasteiger partial charge in [-0.25, -0.2) is 8.42 Å². The van der Waals surface area contributed by atoms with E-state index in [1.807, 2.05) is 42.5 Å². The van der Waals surface area contributed by atoms with Gasteiger partial charge in [0.1, 0.15) is 0 Å². The van der Waals surface area contributed by atoms with Crippen LogP contribution in [0.4, 0.5) is 0 Å². The highest BCUT2D eigenvalue weighted by Gasteiger charge is 2.40. The van der Waals surface area contributed by atoms with Gasteiger partial charge in [-0.15, -0.1) is 0 Å². The third-order valence-corrected chi connectivity index (χ3v) is 6.46. The van der Waals surface area contributed by atoms with Crippen molar-refractivity contribution in [3.63, 3.8) is 0 Å². The first-order valence-electron chi connectivity index (χ1n) is 8.24. The molecule has 0 spiro atoms. The molecule has 24 heavy (non-hydrogen) atoms. The summed E-state index contributed by atoms with van der Waals surface area (Å²) in [5.74, 6) is 0.354. The van der Waals surface area contributed by atoms with Crippen molar-refractivity contribution in [2.24, 2.45) is 0 Å². The van der Waals surface area contributed by atoms with Crippen molar-refractivity contribution in [3.05, 3.63) is 65.7 Å². The van der Waals surface area contributed by atoms with Gasteiger partial charge < -0.3 is 5.11 Å². The summed E-state index contributed by atoms with van der Waals surface area (Å²) >= 11 is 0. The van der Waals surface area contributed by atoms with Crippen LogP contribution in [0.15, 0.2) is 59.5 Å². The predicted molar refractivity (Wildman–Crippen MR) is 94.2 cm³/mol. The number of hydrogen-bond donors (Lipinski definition) is 1. The summed E-state index contributed by atoms with van der Waals surface area (Å²) in [6.07, 6.45) is -0.215. The van der Waals surface area contributed by atoms with Crippen molar-refractivity contribution in [2.75, 3.05) is 6.54 Å². The fourth-order valence-electron chi connectivity index (χ4n) is 3.19. The smallest absolute Gasteiger partial charge is 0.243 e. The molecular weight excluding hydrogens is 322 g/mol. The predicted octanol–water partition coefficient (Wildman–Crippen LogP) is 3.31. The second-order valence-electron chi connectivity index (χ2n) is 6.61. The quantitative estimate of drug-likeness (QED) is 0.925. The van der Waals surface area contributed by atoms with Gasteiger partial charge in [0, 0.05) is 6.54 Å². The zero-order valence-corrected chi connectivity index (χ0v) is 14.8. The van der Waals surface area contributed by atoms with Crippen LogP contribution in [0.5, 0.6) is 0 Å². The van der Waals surface area contributed by atoms with Crippen LogP contribution in [0.1, 0.15) is 43.4 Å². The lowest BCUT2D eigenvalue weighted by molar-refractivity contribution is 0.188. The molecule has 0 radical (unpaired) electrons. The normalized spacial score (nSPS) is 22.2. The maximum Gasteiger partial charge on any atom is 0.243 e. The van der Waals surface area contributed by atoms with Crippen LogP contribution in [-0.2, 0) is 10.0 Å². The van der Waals surface area contributed by atoms with E-state index in [0.29, 0.717) is 12.3 Å². The molecule has 2 atom stereocenters. The molecule has 0 amide bonds. The van der Waals surface area contributed by atoms with E-state index in [2.05, 4.69) is 13.8 Å². The Hall–Kier alpha value is -1.69. The Labute approximate surface area is 143 Å². The molecule has 1 N–H and O–H groups in total. The van der Waals surface area contributed by atoms with E-state index >= 15 is 0 Å². The maximum atomic E-state index is 13.1. The largest absolute Gasteiger partial charge is 0.392 e. The van der Waals surface area contributed by atoms with Gasteiger partial charge in [0.15, 0.2) is 0 Å². The summed E-state index contributed by atoms with van der Waals surface area (Å²) in [6, 6.07) is 16.2. The minimum absolute atomic E-state index is 0.133. The van der Waals surface area contributed by atoms with E-state index in [1.165, 1.54) is 4.31 Å². The Balaban J connectivity index is 1.95. The Morgan fingerprint density at radius 2 is 1.67 bits per heavy atom. The van der Waals surface area contributed by atoms with Crippen LogP contribution in [0, 0.1) is 0 Å². The number of aliphatic hydroxyl groups is 1. The second kappa shape index (κ2) is 6.67. The van der Waals surface area contributed by atoms with Gasteiger partial charge >= 0.3 is 0 Å². The first-order chi connectivity index (χ1) is 11.4. The van der Waals surface area contributed by atoms with Gasteiger partial charge in [0.2, 0.25) is 10.0 Å². The molecule has 0 aromatic heterocycles. The Morgan fingerprint density at radius 3 is 2.25 bits per heavy atom. The van der Waals surface area contributed by atoms with Crippen LogP contribution < -0.4 is 0 Å². The first-order valence-corrected chi connectivity index (χ1v) is 9.68. The Morgan fingerprint density at radius 1 is 1.04 bits per heavy atom. The highest BCUT2D eigenvalue weighted by Crippen LogP contribution is 2.36. The molecule has 1 fully saturated rings. The standard InChI is InChI=1S/C19H23NO3S/c1-14(2)15-8-10-18(11-9-15)24(22,23)20-13-17(21)12-19(20)16-6-4-3-5-7-16/h3-11,14,17,19,21H,12-13H2,1-2H3. The Kier molecular flexibility index (Phi) is 4.76. The van der Waals surface area contributed by atoms with Crippen LogP contribution in [-0.4, -0.2) is 30.5 Å². The molecule has 3 rings (SSSR count). The molecular formula is C19H23NO3S. The number of benzene rings is 2. The molecule has 2 aromatic rings. The van der Waals surface area contributed by atoms with Gasteiger partial charge in [-0.3, -0.25) is 0 Å². The van der Waals surface area contributed by atoms with E-state index in [-0.39, 0.29) is 17.5 Å². The summed E-state index contributed by atoms with van der Waals surface area (Å²) in [4.78, 5) is 0.280. The van der Waals surface area contributed by atoms with Crippen LogP contribution in [0.25, 0.3) is 0 Å². The summed E-state index contributed by atoms with van der Waals surface area (Å²) < 4.78 is 27.5. The molecule has 1 heterocycles. The van der Waals surface area contributed by atoms with E-state index in [4.69, 9.17) is 0 Å². The minimum Gasteiger partial charge on any atom is -0.392 e. The van der Waals surface area contributed by atoms with Crippen LogP contribution >= 0.6 is 0 Å². The number of nitrogens with zero attached hydrogens (tertiary/aromatic N) is 1. The SMILES string of the molecule is CC(C)c1ccc(S(=O)(=O)N2CC(O)CC2c2ccccc2)cc1. The molecule has 0 bridgehead atoms. The third-order valence-electron chi connectivity index (χ3n) is 4.57. The highest BCUT2D eigenvalue weighted by atomic mass is 32.2. The van der Waals surface area contributed by atoms with Crippen molar-refractivity contribution < 1.29 is 13.5 Å². The molecule has 1 saturated heterocycles. The van der Waals surface area contributed by atoms with Crippen LogP contribution in [0.2, 0.25) is 0 Å². The van der Waals surface area contributed by atoms with Gasteiger partial charge in [0.25, 0.3) is 0 Å². The lowest BCUT2D eigenvalue weighted by atomic mass is 10.0. The van der Waals surface area contributed by atoms with E-state index in [0.717, 1.165) is 11.1 Å². The number of rotatable bonds is 4. The average molecular weight is 345 g/mol. The number of sulfonamides is 1. The van der Waals surface area contributed by atoms with E-state index in [1.54, 1.807) is 12.1 Å².